The third kappa shape index (κ3) is 1.85. The monoisotopic (exact) mass is 275 g/mol. The third-order valence-electron chi connectivity index (χ3n) is 3.91. The van der Waals surface area contributed by atoms with Crippen molar-refractivity contribution in [3.63, 3.8) is 0 Å². The molecule has 0 spiro atoms. The number of carbonyl (C=O) groups excluding carboxylic acids is 1. The number of aliphatic hydroxyl groups is 1. The number of nitrogens with zero attached hydrogens (tertiary/aromatic N) is 5. The molecule has 0 aromatic carbocycles. The van der Waals surface area contributed by atoms with E-state index >= 15 is 0 Å². The van der Waals surface area contributed by atoms with Gasteiger partial charge >= 0.3 is 0 Å². The average Bonchev–Trinajstić information content (AvgIpc) is 2.79. The molecular weight excluding hydrogens is 258 g/mol. The van der Waals surface area contributed by atoms with Crippen LogP contribution in [0.2, 0.25) is 0 Å². The maximum atomic E-state index is 12.3. The lowest BCUT2D eigenvalue weighted by molar-refractivity contribution is -0.111. The van der Waals surface area contributed by atoms with E-state index in [1.165, 1.54) is 0 Å². The second-order valence-electron chi connectivity index (χ2n) is 5.65. The topological polar surface area (TPSA) is 83.6 Å². The van der Waals surface area contributed by atoms with Crippen molar-refractivity contribution in [1.29, 1.82) is 0 Å². The normalized spacial score (nSPS) is 17.6. The zero-order valence-corrected chi connectivity index (χ0v) is 11.7. The summed E-state index contributed by atoms with van der Waals surface area (Å²) in [5, 5.41) is 14.4. The smallest absolute Gasteiger partial charge is 0.293 e. The van der Waals surface area contributed by atoms with Gasteiger partial charge in [-0.15, -0.1) is 5.10 Å². The fourth-order valence-electron chi connectivity index (χ4n) is 2.26. The summed E-state index contributed by atoms with van der Waals surface area (Å²) in [7, 11) is 0. The van der Waals surface area contributed by atoms with Gasteiger partial charge in [0.05, 0.1) is 13.1 Å². The van der Waals surface area contributed by atoms with Gasteiger partial charge in [-0.25, -0.2) is 9.50 Å². The van der Waals surface area contributed by atoms with Crippen LogP contribution in [0.25, 0.3) is 5.78 Å². The molecule has 0 saturated carbocycles. The minimum Gasteiger partial charge on any atom is -0.386 e. The van der Waals surface area contributed by atoms with Gasteiger partial charge in [0.25, 0.3) is 11.7 Å². The zero-order chi connectivity index (χ0) is 14.5. The van der Waals surface area contributed by atoms with E-state index < -0.39 is 5.60 Å². The molecular formula is C13H17N5O2. The second-order valence-corrected chi connectivity index (χ2v) is 5.65. The largest absolute Gasteiger partial charge is 0.386 e. The Hall–Kier alpha value is -2.02. The fraction of sp³-hybridized carbons (Fsp3) is 0.538. The molecule has 0 aliphatic carbocycles. The Balaban J connectivity index is 1.83. The van der Waals surface area contributed by atoms with Crippen molar-refractivity contribution in [3.05, 3.63) is 23.8 Å². The van der Waals surface area contributed by atoms with Crippen LogP contribution in [-0.4, -0.2) is 54.2 Å². The van der Waals surface area contributed by atoms with Gasteiger partial charge in [0.15, 0.2) is 0 Å². The van der Waals surface area contributed by atoms with Crippen LogP contribution in [0, 0.1) is 12.8 Å². The predicted octanol–water partition coefficient (Wildman–Crippen LogP) is 0.276. The van der Waals surface area contributed by atoms with Gasteiger partial charge in [-0.2, -0.15) is 4.98 Å². The number of fused-ring (bicyclic) bond motifs is 1. The number of amides is 1. The van der Waals surface area contributed by atoms with Gasteiger partial charge in [0.1, 0.15) is 5.60 Å². The molecule has 1 fully saturated rings. The highest BCUT2D eigenvalue weighted by molar-refractivity contribution is 5.91. The first kappa shape index (κ1) is 13.0. The van der Waals surface area contributed by atoms with Gasteiger partial charge in [0.2, 0.25) is 5.82 Å². The maximum absolute atomic E-state index is 12.3. The van der Waals surface area contributed by atoms with E-state index in [2.05, 4.69) is 15.1 Å². The standard InChI is InChI=1S/C13H17N5O2/c1-8(2)13(20)6-17(7-13)11(19)10-15-12-14-5-4-9(3)18(12)16-10/h4-5,8,20H,6-7H2,1-3H3. The first-order valence-electron chi connectivity index (χ1n) is 6.61. The number of aryl methyl sites for hydroxylation is 1. The van der Waals surface area contributed by atoms with Crippen LogP contribution < -0.4 is 0 Å². The SMILES string of the molecule is Cc1ccnc2nc(C(=O)N3CC(O)(C(C)C)C3)nn12. The summed E-state index contributed by atoms with van der Waals surface area (Å²) < 4.78 is 1.54. The Morgan fingerprint density at radius 2 is 2.15 bits per heavy atom. The first-order chi connectivity index (χ1) is 9.40. The summed E-state index contributed by atoms with van der Waals surface area (Å²) in [6.07, 6.45) is 1.63. The van der Waals surface area contributed by atoms with E-state index in [1.807, 2.05) is 20.8 Å². The Bertz CT molecular complexity index is 672. The van der Waals surface area contributed by atoms with E-state index in [-0.39, 0.29) is 17.6 Å². The van der Waals surface area contributed by atoms with Crippen molar-refractivity contribution in [2.24, 2.45) is 5.92 Å². The number of rotatable bonds is 2. The molecule has 1 amide bonds. The van der Waals surface area contributed by atoms with Gasteiger partial charge in [-0.1, -0.05) is 13.8 Å². The number of hydrogen-bond acceptors (Lipinski definition) is 5. The quantitative estimate of drug-likeness (QED) is 0.851. The lowest BCUT2D eigenvalue weighted by Gasteiger charge is -2.48. The van der Waals surface area contributed by atoms with E-state index in [0.717, 1.165) is 5.69 Å². The van der Waals surface area contributed by atoms with E-state index in [9.17, 15) is 9.90 Å². The molecule has 2 aromatic rings. The Kier molecular flexibility index (Phi) is 2.75. The molecule has 7 nitrogen and oxygen atoms in total. The molecule has 1 aliphatic heterocycles. The molecule has 0 unspecified atom stereocenters. The molecule has 0 radical (unpaired) electrons. The van der Waals surface area contributed by atoms with Gasteiger partial charge in [0, 0.05) is 11.9 Å². The van der Waals surface area contributed by atoms with Gasteiger partial charge < -0.3 is 10.0 Å². The number of likely N-dealkylation sites (tertiary alicyclic amines) is 1. The lowest BCUT2D eigenvalue weighted by atomic mass is 9.83. The Morgan fingerprint density at radius 3 is 2.75 bits per heavy atom. The highest BCUT2D eigenvalue weighted by Crippen LogP contribution is 2.29. The minimum absolute atomic E-state index is 0.115. The summed E-state index contributed by atoms with van der Waals surface area (Å²) in [6, 6.07) is 1.80. The van der Waals surface area contributed by atoms with Crippen molar-refractivity contribution in [3.8, 4) is 0 Å². The molecule has 20 heavy (non-hydrogen) atoms. The van der Waals surface area contributed by atoms with E-state index in [1.54, 1.807) is 21.7 Å². The number of carbonyl (C=O) groups is 1. The van der Waals surface area contributed by atoms with Crippen LogP contribution in [0.3, 0.4) is 0 Å². The third-order valence-corrected chi connectivity index (χ3v) is 3.91. The highest BCUT2D eigenvalue weighted by atomic mass is 16.3. The van der Waals surface area contributed by atoms with Crippen molar-refractivity contribution >= 4 is 11.7 Å². The Morgan fingerprint density at radius 1 is 1.45 bits per heavy atom. The van der Waals surface area contributed by atoms with Crippen molar-refractivity contribution in [2.45, 2.75) is 26.4 Å². The van der Waals surface area contributed by atoms with E-state index in [4.69, 9.17) is 0 Å². The van der Waals surface area contributed by atoms with Crippen LogP contribution in [0.4, 0.5) is 0 Å². The highest BCUT2D eigenvalue weighted by Gasteiger charge is 2.46. The van der Waals surface area contributed by atoms with Gasteiger partial charge in [-0.3, -0.25) is 4.79 Å². The molecule has 3 rings (SSSR count). The number of hydrogen-bond donors (Lipinski definition) is 1. The van der Waals surface area contributed by atoms with Crippen molar-refractivity contribution < 1.29 is 9.90 Å². The molecule has 1 N–H and O–H groups in total. The summed E-state index contributed by atoms with van der Waals surface area (Å²) in [6.45, 7) is 6.41. The Labute approximate surface area is 116 Å². The number of β-amino-alcohol motifs (C(OH)–C–C–N with tert-alkyl or cyclic N) is 1. The average molecular weight is 275 g/mol. The van der Waals surface area contributed by atoms with Crippen LogP contribution in [0.15, 0.2) is 12.3 Å². The number of aromatic nitrogens is 4. The van der Waals surface area contributed by atoms with Crippen molar-refractivity contribution in [2.75, 3.05) is 13.1 Å². The molecule has 3 heterocycles. The van der Waals surface area contributed by atoms with Crippen LogP contribution in [0.5, 0.6) is 0 Å². The predicted molar refractivity (Wildman–Crippen MR) is 71.2 cm³/mol. The van der Waals surface area contributed by atoms with E-state index in [0.29, 0.717) is 18.9 Å². The summed E-state index contributed by atoms with van der Waals surface area (Å²) in [4.78, 5) is 22.0. The molecule has 2 aromatic heterocycles. The molecule has 1 saturated heterocycles. The van der Waals surface area contributed by atoms with Crippen LogP contribution in [-0.2, 0) is 0 Å². The lowest BCUT2D eigenvalue weighted by Crippen LogP contribution is -2.66. The molecule has 1 aliphatic rings. The summed E-state index contributed by atoms with van der Waals surface area (Å²) in [5.74, 6) is 0.385. The first-order valence-corrected chi connectivity index (χ1v) is 6.61. The molecule has 106 valence electrons. The maximum Gasteiger partial charge on any atom is 0.293 e. The summed E-state index contributed by atoms with van der Waals surface area (Å²) >= 11 is 0. The molecule has 0 atom stereocenters. The van der Waals surface area contributed by atoms with Gasteiger partial charge in [-0.05, 0) is 18.9 Å². The van der Waals surface area contributed by atoms with Crippen LogP contribution >= 0.6 is 0 Å². The fourth-order valence-corrected chi connectivity index (χ4v) is 2.26. The molecule has 0 bridgehead atoms. The summed E-state index contributed by atoms with van der Waals surface area (Å²) in [5.41, 5.74) is 0.0760. The second kappa shape index (κ2) is 4.24. The van der Waals surface area contributed by atoms with Crippen LogP contribution in [0.1, 0.15) is 30.2 Å². The minimum atomic E-state index is -0.789. The molecule has 7 heteroatoms. The van der Waals surface area contributed by atoms with Crippen molar-refractivity contribution in [1.82, 2.24) is 24.5 Å². The zero-order valence-electron chi connectivity index (χ0n) is 11.7.